The number of hydrogen-bond donors (Lipinski definition) is 2. The first kappa shape index (κ1) is 12.7. The fraction of sp³-hybridized carbons (Fsp3) is 0.538. The van der Waals surface area contributed by atoms with Crippen LogP contribution in [0.2, 0.25) is 5.02 Å². The minimum Gasteiger partial charge on any atom is -0.495 e. The van der Waals surface area contributed by atoms with Gasteiger partial charge < -0.3 is 15.2 Å². The van der Waals surface area contributed by atoms with Crippen molar-refractivity contribution < 1.29 is 9.84 Å². The Morgan fingerprint density at radius 1 is 1.53 bits per heavy atom. The molecule has 0 amide bonds. The molecule has 0 aromatic heterocycles. The van der Waals surface area contributed by atoms with E-state index in [4.69, 9.17) is 16.3 Å². The predicted molar refractivity (Wildman–Crippen MR) is 68.6 cm³/mol. The van der Waals surface area contributed by atoms with Gasteiger partial charge in [-0.3, -0.25) is 0 Å². The van der Waals surface area contributed by atoms with E-state index in [-0.39, 0.29) is 0 Å². The van der Waals surface area contributed by atoms with Crippen LogP contribution in [-0.2, 0) is 0 Å². The number of aliphatic hydroxyl groups is 1. The van der Waals surface area contributed by atoms with E-state index in [1.54, 1.807) is 19.2 Å². The van der Waals surface area contributed by atoms with E-state index in [1.165, 1.54) is 12.8 Å². The molecule has 1 aromatic carbocycles. The van der Waals surface area contributed by atoms with Crippen molar-refractivity contribution in [1.82, 2.24) is 5.32 Å². The van der Waals surface area contributed by atoms with Gasteiger partial charge in [-0.25, -0.2) is 0 Å². The van der Waals surface area contributed by atoms with Gasteiger partial charge in [-0.1, -0.05) is 17.7 Å². The number of methoxy groups -OCH3 is 1. The fourth-order valence-electron chi connectivity index (χ4n) is 1.77. The largest absolute Gasteiger partial charge is 0.495 e. The highest BCUT2D eigenvalue weighted by Gasteiger charge is 2.20. The smallest absolute Gasteiger partial charge is 0.137 e. The van der Waals surface area contributed by atoms with Crippen molar-refractivity contribution in [3.05, 3.63) is 28.8 Å². The molecule has 0 saturated heterocycles. The van der Waals surface area contributed by atoms with Gasteiger partial charge in [-0.15, -0.1) is 0 Å². The summed E-state index contributed by atoms with van der Waals surface area (Å²) in [6, 6.07) is 6.09. The number of rotatable bonds is 6. The van der Waals surface area contributed by atoms with Crippen LogP contribution >= 0.6 is 11.6 Å². The average Bonchev–Trinajstić information content (AvgIpc) is 3.13. The van der Waals surface area contributed by atoms with Crippen LogP contribution in [0.25, 0.3) is 0 Å². The maximum atomic E-state index is 10.0. The second-order valence-electron chi connectivity index (χ2n) is 4.43. The minimum absolute atomic E-state index is 0.468. The molecular formula is C13H18ClNO2. The van der Waals surface area contributed by atoms with Crippen LogP contribution in [0.3, 0.4) is 0 Å². The van der Waals surface area contributed by atoms with E-state index in [0.717, 1.165) is 12.1 Å². The van der Waals surface area contributed by atoms with Gasteiger partial charge in [-0.2, -0.15) is 0 Å². The van der Waals surface area contributed by atoms with Crippen molar-refractivity contribution >= 4 is 11.6 Å². The van der Waals surface area contributed by atoms with Crippen LogP contribution in [0.15, 0.2) is 18.2 Å². The quantitative estimate of drug-likeness (QED) is 0.821. The molecule has 1 unspecified atom stereocenters. The van der Waals surface area contributed by atoms with Crippen LogP contribution in [0.5, 0.6) is 5.75 Å². The standard InChI is InChI=1S/C13H18ClNO2/c1-17-13-5-2-9(8-11(13)14)12(16)6-7-15-10-3-4-10/h2,5,8,10,12,15-16H,3-4,6-7H2,1H3. The van der Waals surface area contributed by atoms with Gasteiger partial charge in [0.05, 0.1) is 18.2 Å². The molecule has 17 heavy (non-hydrogen) atoms. The second-order valence-corrected chi connectivity index (χ2v) is 4.83. The normalized spacial score (nSPS) is 16.9. The van der Waals surface area contributed by atoms with Gasteiger partial charge >= 0.3 is 0 Å². The fourth-order valence-corrected chi connectivity index (χ4v) is 2.03. The molecule has 2 rings (SSSR count). The summed E-state index contributed by atoms with van der Waals surface area (Å²) in [5.41, 5.74) is 0.841. The number of halogens is 1. The Hall–Kier alpha value is -0.770. The third-order valence-electron chi connectivity index (χ3n) is 2.99. The minimum atomic E-state index is -0.468. The van der Waals surface area contributed by atoms with Crippen molar-refractivity contribution in [3.8, 4) is 5.75 Å². The molecule has 0 aliphatic heterocycles. The monoisotopic (exact) mass is 255 g/mol. The van der Waals surface area contributed by atoms with Crippen molar-refractivity contribution in [2.24, 2.45) is 0 Å². The molecule has 94 valence electrons. The zero-order valence-electron chi connectivity index (χ0n) is 9.95. The Morgan fingerprint density at radius 2 is 2.29 bits per heavy atom. The lowest BCUT2D eigenvalue weighted by molar-refractivity contribution is 0.166. The molecule has 4 heteroatoms. The zero-order chi connectivity index (χ0) is 12.3. The van der Waals surface area contributed by atoms with Crippen molar-refractivity contribution in [2.75, 3.05) is 13.7 Å². The summed E-state index contributed by atoms with van der Waals surface area (Å²) in [6.07, 6.45) is 2.78. The lowest BCUT2D eigenvalue weighted by Crippen LogP contribution is -2.19. The van der Waals surface area contributed by atoms with Crippen LogP contribution in [0, 0.1) is 0 Å². The Balaban J connectivity index is 1.88. The highest BCUT2D eigenvalue weighted by atomic mass is 35.5. The van der Waals surface area contributed by atoms with E-state index in [9.17, 15) is 5.11 Å². The molecule has 0 heterocycles. The number of hydrogen-bond acceptors (Lipinski definition) is 3. The number of aliphatic hydroxyl groups excluding tert-OH is 1. The Bertz CT molecular complexity index is 380. The van der Waals surface area contributed by atoms with E-state index in [0.29, 0.717) is 23.2 Å². The van der Waals surface area contributed by atoms with Gasteiger partial charge in [0.2, 0.25) is 0 Å². The van der Waals surface area contributed by atoms with Crippen molar-refractivity contribution in [3.63, 3.8) is 0 Å². The third kappa shape index (κ3) is 3.60. The Labute approximate surface area is 107 Å². The summed E-state index contributed by atoms with van der Waals surface area (Å²) in [6.45, 7) is 0.843. The van der Waals surface area contributed by atoms with Crippen molar-refractivity contribution in [2.45, 2.75) is 31.4 Å². The van der Waals surface area contributed by atoms with E-state index in [1.807, 2.05) is 6.07 Å². The van der Waals surface area contributed by atoms with Crippen LogP contribution in [0.1, 0.15) is 30.9 Å². The van der Waals surface area contributed by atoms with Crippen molar-refractivity contribution in [1.29, 1.82) is 0 Å². The molecule has 1 atom stereocenters. The number of benzene rings is 1. The number of nitrogens with one attached hydrogen (secondary N) is 1. The summed E-state index contributed by atoms with van der Waals surface area (Å²) >= 11 is 6.02. The molecule has 3 nitrogen and oxygen atoms in total. The summed E-state index contributed by atoms with van der Waals surface area (Å²) in [5.74, 6) is 0.638. The molecule has 1 saturated carbocycles. The van der Waals surface area contributed by atoms with E-state index >= 15 is 0 Å². The molecule has 1 aromatic rings. The van der Waals surface area contributed by atoms with E-state index in [2.05, 4.69) is 5.32 Å². The third-order valence-corrected chi connectivity index (χ3v) is 3.28. The Morgan fingerprint density at radius 3 is 2.88 bits per heavy atom. The molecule has 2 N–H and O–H groups in total. The van der Waals surface area contributed by atoms with Gasteiger partial charge in [0.15, 0.2) is 0 Å². The second kappa shape index (κ2) is 5.71. The van der Waals surface area contributed by atoms with Crippen LogP contribution in [-0.4, -0.2) is 24.8 Å². The maximum absolute atomic E-state index is 10.0. The molecule has 1 fully saturated rings. The first-order valence-corrected chi connectivity index (χ1v) is 6.33. The van der Waals surface area contributed by atoms with Gasteiger partial charge in [0.25, 0.3) is 0 Å². The molecule has 1 aliphatic rings. The Kier molecular flexibility index (Phi) is 4.26. The SMILES string of the molecule is COc1ccc(C(O)CCNC2CC2)cc1Cl. The van der Waals surface area contributed by atoms with E-state index < -0.39 is 6.10 Å². The molecule has 0 spiro atoms. The number of ether oxygens (including phenoxy) is 1. The van der Waals surface area contributed by atoms with Gasteiger partial charge in [0, 0.05) is 6.04 Å². The highest BCUT2D eigenvalue weighted by Crippen LogP contribution is 2.28. The summed E-state index contributed by atoms with van der Waals surface area (Å²) in [4.78, 5) is 0. The first-order valence-electron chi connectivity index (χ1n) is 5.95. The van der Waals surface area contributed by atoms with Gasteiger partial charge in [-0.05, 0) is 43.5 Å². The molecule has 0 bridgehead atoms. The predicted octanol–water partition coefficient (Wildman–Crippen LogP) is 2.52. The zero-order valence-corrected chi connectivity index (χ0v) is 10.7. The van der Waals surface area contributed by atoms with Crippen LogP contribution in [0.4, 0.5) is 0 Å². The molecule has 0 radical (unpaired) electrons. The maximum Gasteiger partial charge on any atom is 0.137 e. The summed E-state index contributed by atoms with van der Waals surface area (Å²) in [7, 11) is 1.58. The molecule has 1 aliphatic carbocycles. The lowest BCUT2D eigenvalue weighted by Gasteiger charge is -2.13. The highest BCUT2D eigenvalue weighted by molar-refractivity contribution is 6.32. The van der Waals surface area contributed by atoms with Crippen LogP contribution < -0.4 is 10.1 Å². The average molecular weight is 256 g/mol. The van der Waals surface area contributed by atoms with Gasteiger partial charge in [0.1, 0.15) is 5.75 Å². The molecular weight excluding hydrogens is 238 g/mol. The first-order chi connectivity index (χ1) is 8.20. The summed E-state index contributed by atoms with van der Waals surface area (Å²) in [5, 5.41) is 13.9. The summed E-state index contributed by atoms with van der Waals surface area (Å²) < 4.78 is 5.07. The topological polar surface area (TPSA) is 41.5 Å². The lowest BCUT2D eigenvalue weighted by atomic mass is 10.1.